The molecule has 1 saturated heterocycles. The Morgan fingerprint density at radius 2 is 1.77 bits per heavy atom. The number of rotatable bonds is 9. The van der Waals surface area contributed by atoms with Gasteiger partial charge in [-0.3, -0.25) is 9.59 Å². The number of ketones is 1. The molecule has 0 amide bonds. The zero-order valence-corrected chi connectivity index (χ0v) is 24.4. The lowest BCUT2D eigenvalue weighted by Gasteiger charge is -2.31. The minimum atomic E-state index is -3.16. The van der Waals surface area contributed by atoms with Gasteiger partial charge in [-0.2, -0.15) is 0 Å². The Morgan fingerprint density at radius 3 is 2.36 bits per heavy atom. The van der Waals surface area contributed by atoms with Gasteiger partial charge >= 0.3 is 0 Å². The summed E-state index contributed by atoms with van der Waals surface area (Å²) in [4.78, 5) is 24.9. The van der Waals surface area contributed by atoms with Crippen LogP contribution in [0, 0.1) is 0 Å². The van der Waals surface area contributed by atoms with Gasteiger partial charge < -0.3 is 15.4 Å². The molecule has 1 aromatic heterocycles. The van der Waals surface area contributed by atoms with Crippen LogP contribution in [0.1, 0.15) is 81.3 Å². The molecule has 0 saturated carbocycles. The molecule has 2 heterocycles. The molecule has 0 aliphatic carbocycles. The SMILES string of the molecule is CC(=O)O.CC[C@H](C)NCc1cccc(-c2cc(C(C)=O)c3[nH]cc(C4CCN(S(=O)(=O)CC)CC4)c3c2)c1. The van der Waals surface area contributed by atoms with E-state index >= 15 is 0 Å². The van der Waals surface area contributed by atoms with Crippen molar-refractivity contribution in [3.05, 3.63) is 59.3 Å². The zero-order valence-electron chi connectivity index (χ0n) is 23.6. The highest BCUT2D eigenvalue weighted by Crippen LogP contribution is 2.37. The maximum Gasteiger partial charge on any atom is 0.300 e. The Kier molecular flexibility index (Phi) is 10.5. The first-order valence-electron chi connectivity index (χ1n) is 13.6. The second-order valence-corrected chi connectivity index (χ2v) is 12.5. The number of hydrogen-bond acceptors (Lipinski definition) is 5. The summed E-state index contributed by atoms with van der Waals surface area (Å²) in [5.74, 6) is -0.404. The van der Waals surface area contributed by atoms with Crippen molar-refractivity contribution in [3.8, 4) is 11.1 Å². The molecular formula is C30H41N3O5S. The fourth-order valence-electron chi connectivity index (χ4n) is 4.96. The molecule has 3 aromatic rings. The molecule has 0 spiro atoms. The van der Waals surface area contributed by atoms with Gasteiger partial charge in [0.05, 0.1) is 11.3 Å². The highest BCUT2D eigenvalue weighted by molar-refractivity contribution is 7.89. The molecule has 212 valence electrons. The average Bonchev–Trinajstić information content (AvgIpc) is 3.35. The highest BCUT2D eigenvalue weighted by atomic mass is 32.2. The highest BCUT2D eigenvalue weighted by Gasteiger charge is 2.29. The van der Waals surface area contributed by atoms with E-state index < -0.39 is 16.0 Å². The van der Waals surface area contributed by atoms with E-state index in [4.69, 9.17) is 9.90 Å². The molecule has 9 heteroatoms. The van der Waals surface area contributed by atoms with Gasteiger partial charge in [0.1, 0.15) is 0 Å². The van der Waals surface area contributed by atoms with E-state index in [1.54, 1.807) is 18.2 Å². The van der Waals surface area contributed by atoms with Crippen LogP contribution in [-0.2, 0) is 21.4 Å². The van der Waals surface area contributed by atoms with Crippen LogP contribution in [0.3, 0.4) is 0 Å². The van der Waals surface area contributed by atoms with Gasteiger partial charge in [0.25, 0.3) is 5.97 Å². The van der Waals surface area contributed by atoms with Crippen LogP contribution in [0.4, 0.5) is 0 Å². The van der Waals surface area contributed by atoms with E-state index in [0.717, 1.165) is 54.8 Å². The van der Waals surface area contributed by atoms with Crippen molar-refractivity contribution in [1.29, 1.82) is 0 Å². The third-order valence-corrected chi connectivity index (χ3v) is 9.26. The van der Waals surface area contributed by atoms with Gasteiger partial charge in [0, 0.05) is 49.7 Å². The Morgan fingerprint density at radius 1 is 1.10 bits per heavy atom. The number of benzene rings is 2. The summed E-state index contributed by atoms with van der Waals surface area (Å²) in [7, 11) is -3.16. The predicted molar refractivity (Wildman–Crippen MR) is 157 cm³/mol. The number of carbonyl (C=O) groups excluding carboxylic acids is 1. The van der Waals surface area contributed by atoms with Crippen LogP contribution in [0.15, 0.2) is 42.6 Å². The number of carboxylic acid groups (broad SMARTS) is 1. The zero-order chi connectivity index (χ0) is 28.7. The van der Waals surface area contributed by atoms with Gasteiger partial charge in [0.2, 0.25) is 10.0 Å². The number of carbonyl (C=O) groups is 2. The lowest BCUT2D eigenvalue weighted by atomic mass is 9.88. The summed E-state index contributed by atoms with van der Waals surface area (Å²) in [6.45, 7) is 10.6. The number of sulfonamides is 1. The largest absolute Gasteiger partial charge is 0.481 e. The number of hydrogen-bond donors (Lipinski definition) is 3. The minimum absolute atomic E-state index is 0.0312. The number of fused-ring (bicyclic) bond motifs is 1. The van der Waals surface area contributed by atoms with Crippen molar-refractivity contribution >= 4 is 32.7 Å². The van der Waals surface area contributed by atoms with Crippen LogP contribution in [0.2, 0.25) is 0 Å². The Hall–Kier alpha value is -3.01. The van der Waals surface area contributed by atoms with Crippen molar-refractivity contribution < 1.29 is 23.1 Å². The molecule has 8 nitrogen and oxygen atoms in total. The summed E-state index contributed by atoms with van der Waals surface area (Å²) in [5, 5.41) is 12.0. The molecule has 1 aliphatic rings. The van der Waals surface area contributed by atoms with Crippen molar-refractivity contribution in [2.75, 3.05) is 18.8 Å². The monoisotopic (exact) mass is 555 g/mol. The van der Waals surface area contributed by atoms with Crippen molar-refractivity contribution in [2.45, 2.75) is 72.4 Å². The normalized spacial score (nSPS) is 15.5. The molecule has 0 unspecified atom stereocenters. The fourth-order valence-corrected chi connectivity index (χ4v) is 6.09. The van der Waals surface area contributed by atoms with Gasteiger partial charge in [-0.05, 0) is 86.4 Å². The third kappa shape index (κ3) is 7.77. The number of nitrogens with one attached hydrogen (secondary N) is 2. The van der Waals surface area contributed by atoms with Crippen LogP contribution >= 0.6 is 0 Å². The maximum atomic E-state index is 12.6. The second kappa shape index (κ2) is 13.4. The van der Waals surface area contributed by atoms with E-state index in [1.165, 1.54) is 11.1 Å². The first-order chi connectivity index (χ1) is 18.5. The van der Waals surface area contributed by atoms with Gasteiger partial charge in [-0.25, -0.2) is 12.7 Å². The average molecular weight is 556 g/mol. The lowest BCUT2D eigenvalue weighted by Crippen LogP contribution is -2.38. The first-order valence-corrected chi connectivity index (χ1v) is 15.2. The molecule has 4 rings (SSSR count). The number of nitrogens with zero attached hydrogens (tertiary/aromatic N) is 1. The molecule has 1 fully saturated rings. The summed E-state index contributed by atoms with van der Waals surface area (Å²) in [6, 6.07) is 13.1. The predicted octanol–water partition coefficient (Wildman–Crippen LogP) is 5.55. The van der Waals surface area contributed by atoms with Gasteiger partial charge in [-0.1, -0.05) is 25.1 Å². The minimum Gasteiger partial charge on any atom is -0.481 e. The Balaban J connectivity index is 0.000000983. The van der Waals surface area contributed by atoms with E-state index in [-0.39, 0.29) is 17.5 Å². The van der Waals surface area contributed by atoms with Crippen molar-refractivity contribution in [3.63, 3.8) is 0 Å². The number of aliphatic carboxylic acids is 1. The van der Waals surface area contributed by atoms with Crippen LogP contribution in [-0.4, -0.2) is 59.5 Å². The molecule has 1 aliphatic heterocycles. The summed E-state index contributed by atoms with van der Waals surface area (Å²) in [6.07, 6.45) is 4.66. The van der Waals surface area contributed by atoms with Crippen LogP contribution in [0.25, 0.3) is 22.0 Å². The molecule has 1 atom stereocenters. The number of H-pyrrole nitrogens is 1. The quantitative estimate of drug-likeness (QED) is 0.298. The third-order valence-electron chi connectivity index (χ3n) is 7.38. The standard InChI is InChI=1S/C28H37N3O3S.C2H4O2/c1-5-19(3)29-17-21-8-7-9-23(14-21)24-15-25(20(4)32)28-26(16-24)27(18-30-28)22-10-12-31(13-11-22)35(33,34)6-2;1-2(3)4/h7-9,14-16,18-19,22,29-30H,5-6,10-13,17H2,1-4H3;1H3,(H,3,4)/t19-;/m0./s1. The van der Waals surface area contributed by atoms with Crippen molar-refractivity contribution in [1.82, 2.24) is 14.6 Å². The van der Waals surface area contributed by atoms with Crippen molar-refractivity contribution in [2.24, 2.45) is 0 Å². The summed E-state index contributed by atoms with van der Waals surface area (Å²) in [5.41, 5.74) is 6.07. The first kappa shape index (κ1) is 30.5. The van der Waals surface area contributed by atoms with Gasteiger partial charge in [-0.15, -0.1) is 0 Å². The number of aromatic nitrogens is 1. The van der Waals surface area contributed by atoms with Crippen LogP contribution < -0.4 is 5.32 Å². The number of piperidine rings is 1. The molecule has 0 radical (unpaired) electrons. The summed E-state index contributed by atoms with van der Waals surface area (Å²) < 4.78 is 26.2. The second-order valence-electron chi connectivity index (χ2n) is 10.2. The lowest BCUT2D eigenvalue weighted by molar-refractivity contribution is -0.134. The van der Waals surface area contributed by atoms with E-state index in [1.807, 2.05) is 12.3 Å². The number of aromatic amines is 1. The molecule has 3 N–H and O–H groups in total. The fraction of sp³-hybridized carbons (Fsp3) is 0.467. The Labute approximate surface area is 231 Å². The van der Waals surface area contributed by atoms with Gasteiger partial charge in [0.15, 0.2) is 5.78 Å². The van der Waals surface area contributed by atoms with E-state index in [9.17, 15) is 13.2 Å². The van der Waals surface area contributed by atoms with E-state index in [2.05, 4.69) is 54.5 Å². The molecule has 39 heavy (non-hydrogen) atoms. The van der Waals surface area contributed by atoms with Crippen LogP contribution in [0.5, 0.6) is 0 Å². The number of Topliss-reactive ketones (excluding diaryl/α,β-unsaturated/α-hetero) is 1. The maximum absolute atomic E-state index is 12.6. The topological polar surface area (TPSA) is 120 Å². The molecular weight excluding hydrogens is 514 g/mol. The molecule has 2 aromatic carbocycles. The smallest absolute Gasteiger partial charge is 0.300 e. The summed E-state index contributed by atoms with van der Waals surface area (Å²) >= 11 is 0. The van der Waals surface area contributed by atoms with E-state index in [0.29, 0.717) is 24.7 Å². The molecule has 0 bridgehead atoms. The Bertz CT molecular complexity index is 1400. The number of carboxylic acids is 1.